The van der Waals surface area contributed by atoms with Crippen LogP contribution in [0.2, 0.25) is 0 Å². The van der Waals surface area contributed by atoms with Crippen LogP contribution < -0.4 is 15.0 Å². The Labute approximate surface area is 196 Å². The number of nitrogens with zero attached hydrogens (tertiary/aromatic N) is 3. The lowest BCUT2D eigenvalue weighted by atomic mass is 10.0. The van der Waals surface area contributed by atoms with Gasteiger partial charge in [-0.2, -0.15) is 13.2 Å². The fraction of sp³-hybridized carbons (Fsp3) is 0.458. The highest BCUT2D eigenvalue weighted by molar-refractivity contribution is 5.97. The molecule has 1 N–H and O–H groups in total. The molecule has 1 saturated heterocycles. The van der Waals surface area contributed by atoms with Crippen LogP contribution in [0, 0.1) is 5.92 Å². The summed E-state index contributed by atoms with van der Waals surface area (Å²) in [5, 5.41) is 2.84. The largest absolute Gasteiger partial charge is 0.494 e. The van der Waals surface area contributed by atoms with Gasteiger partial charge in [-0.3, -0.25) is 9.59 Å². The van der Waals surface area contributed by atoms with Gasteiger partial charge in [0.15, 0.2) is 0 Å². The number of hydrogen-bond donors (Lipinski definition) is 1. The second kappa shape index (κ2) is 10.8. The molecule has 1 aromatic heterocycles. The van der Waals surface area contributed by atoms with Gasteiger partial charge in [0.1, 0.15) is 17.6 Å². The van der Waals surface area contributed by atoms with Crippen molar-refractivity contribution in [3.8, 4) is 5.75 Å². The van der Waals surface area contributed by atoms with Gasteiger partial charge in [-0.1, -0.05) is 13.8 Å². The third kappa shape index (κ3) is 6.18. The molecular formula is C24H29F3N4O3. The summed E-state index contributed by atoms with van der Waals surface area (Å²) in [7, 11) is 0. The molecule has 1 atom stereocenters. The molecule has 2 amide bonds. The van der Waals surface area contributed by atoms with E-state index >= 15 is 0 Å². The van der Waals surface area contributed by atoms with Crippen LogP contribution in [-0.2, 0) is 11.0 Å². The quantitative estimate of drug-likeness (QED) is 0.658. The molecule has 0 aliphatic carbocycles. The minimum atomic E-state index is -4.43. The number of anilines is 1. The Morgan fingerprint density at radius 2 is 1.71 bits per heavy atom. The van der Waals surface area contributed by atoms with Crippen molar-refractivity contribution < 1.29 is 27.5 Å². The number of benzene rings is 1. The van der Waals surface area contributed by atoms with Crippen LogP contribution in [-0.4, -0.2) is 60.5 Å². The number of aromatic nitrogens is 1. The van der Waals surface area contributed by atoms with Crippen LogP contribution in [0.5, 0.6) is 5.75 Å². The van der Waals surface area contributed by atoms with Crippen LogP contribution >= 0.6 is 0 Å². The molecule has 1 aromatic carbocycles. The van der Waals surface area contributed by atoms with Crippen molar-refractivity contribution in [2.75, 3.05) is 37.7 Å². The monoisotopic (exact) mass is 478 g/mol. The van der Waals surface area contributed by atoms with E-state index in [9.17, 15) is 22.8 Å². The summed E-state index contributed by atoms with van der Waals surface area (Å²) < 4.78 is 43.7. The van der Waals surface area contributed by atoms with Crippen molar-refractivity contribution in [2.45, 2.75) is 33.0 Å². The van der Waals surface area contributed by atoms with Crippen LogP contribution in [0.1, 0.15) is 36.7 Å². The topological polar surface area (TPSA) is 74.8 Å². The zero-order valence-electron chi connectivity index (χ0n) is 19.4. The van der Waals surface area contributed by atoms with E-state index in [1.165, 1.54) is 6.07 Å². The number of halogens is 3. The Bertz CT molecular complexity index is 970. The average molecular weight is 479 g/mol. The lowest BCUT2D eigenvalue weighted by Crippen LogP contribution is -2.56. The van der Waals surface area contributed by atoms with Crippen LogP contribution in [0.15, 0.2) is 42.6 Å². The van der Waals surface area contributed by atoms with Crippen molar-refractivity contribution >= 4 is 17.6 Å². The van der Waals surface area contributed by atoms with Gasteiger partial charge < -0.3 is 19.9 Å². The molecule has 0 radical (unpaired) electrons. The third-order valence-electron chi connectivity index (χ3n) is 5.64. The van der Waals surface area contributed by atoms with E-state index in [1.54, 1.807) is 29.2 Å². The predicted octanol–water partition coefficient (Wildman–Crippen LogP) is 3.60. The number of hydrogen-bond acceptors (Lipinski definition) is 5. The molecule has 0 spiro atoms. The molecule has 1 aliphatic heterocycles. The number of piperazine rings is 1. The smallest absolute Gasteiger partial charge is 0.417 e. The molecule has 0 saturated carbocycles. The minimum Gasteiger partial charge on any atom is -0.494 e. The highest BCUT2D eigenvalue weighted by Crippen LogP contribution is 2.29. The normalized spacial score (nSPS) is 15.3. The maximum Gasteiger partial charge on any atom is 0.417 e. The number of carbonyl (C=O) groups is 2. The number of carbonyl (C=O) groups excluding carboxylic acids is 2. The molecule has 1 aliphatic rings. The number of alkyl halides is 3. The molecule has 0 bridgehead atoms. The first-order valence-electron chi connectivity index (χ1n) is 11.2. The van der Waals surface area contributed by atoms with E-state index in [1.807, 2.05) is 25.7 Å². The SMILES string of the molecule is CCOc1ccc(C(=O)N[C@H](C(=O)N2CCN(c3ccc(C(F)(F)F)cn3)CC2)C(C)C)cc1. The van der Waals surface area contributed by atoms with Crippen LogP contribution in [0.3, 0.4) is 0 Å². The first-order valence-corrected chi connectivity index (χ1v) is 11.2. The van der Waals surface area contributed by atoms with E-state index in [0.29, 0.717) is 49.9 Å². The van der Waals surface area contributed by atoms with Crippen molar-refractivity contribution in [1.29, 1.82) is 0 Å². The van der Waals surface area contributed by atoms with E-state index in [-0.39, 0.29) is 17.7 Å². The average Bonchev–Trinajstić information content (AvgIpc) is 2.82. The van der Waals surface area contributed by atoms with Gasteiger partial charge in [-0.25, -0.2) is 4.98 Å². The Balaban J connectivity index is 1.59. The number of amides is 2. The Hall–Kier alpha value is -3.30. The standard InChI is InChI=1S/C24H29F3N4O3/c1-4-34-19-8-5-17(6-9-19)22(32)29-21(16(2)3)23(33)31-13-11-30(12-14-31)20-10-7-18(15-28-20)24(25,26)27/h5-10,15-16,21H,4,11-14H2,1-3H3,(H,29,32)/t21-/m0/s1. The molecule has 34 heavy (non-hydrogen) atoms. The molecular weight excluding hydrogens is 449 g/mol. The fourth-order valence-corrected chi connectivity index (χ4v) is 3.70. The summed E-state index contributed by atoms with van der Waals surface area (Å²) in [6.45, 7) is 7.75. The molecule has 2 aromatic rings. The van der Waals surface area contributed by atoms with Gasteiger partial charge in [-0.05, 0) is 49.2 Å². The van der Waals surface area contributed by atoms with Crippen molar-refractivity contribution in [2.24, 2.45) is 5.92 Å². The zero-order chi connectivity index (χ0) is 24.9. The summed E-state index contributed by atoms with van der Waals surface area (Å²) in [5.41, 5.74) is -0.367. The van der Waals surface area contributed by atoms with Crippen molar-refractivity contribution in [1.82, 2.24) is 15.2 Å². The van der Waals surface area contributed by atoms with E-state index in [0.717, 1.165) is 12.3 Å². The van der Waals surface area contributed by atoms with Crippen molar-refractivity contribution in [3.05, 3.63) is 53.7 Å². The Kier molecular flexibility index (Phi) is 8.01. The van der Waals surface area contributed by atoms with E-state index < -0.39 is 17.8 Å². The van der Waals surface area contributed by atoms with Crippen molar-refractivity contribution in [3.63, 3.8) is 0 Å². The Morgan fingerprint density at radius 1 is 1.06 bits per heavy atom. The lowest BCUT2D eigenvalue weighted by molar-refractivity contribution is -0.138. The fourth-order valence-electron chi connectivity index (χ4n) is 3.70. The second-order valence-corrected chi connectivity index (χ2v) is 8.37. The zero-order valence-corrected chi connectivity index (χ0v) is 19.4. The predicted molar refractivity (Wildman–Crippen MR) is 122 cm³/mol. The highest BCUT2D eigenvalue weighted by Gasteiger charge is 2.33. The lowest BCUT2D eigenvalue weighted by Gasteiger charge is -2.37. The number of nitrogens with one attached hydrogen (secondary N) is 1. The van der Waals surface area contributed by atoms with Crippen LogP contribution in [0.25, 0.3) is 0 Å². The first-order chi connectivity index (χ1) is 16.1. The summed E-state index contributed by atoms with van der Waals surface area (Å²) in [5.74, 6) is 0.436. The van der Waals surface area contributed by atoms with Crippen LogP contribution in [0.4, 0.5) is 19.0 Å². The molecule has 0 unspecified atom stereocenters. The van der Waals surface area contributed by atoms with E-state index in [2.05, 4.69) is 10.3 Å². The highest BCUT2D eigenvalue weighted by atomic mass is 19.4. The van der Waals surface area contributed by atoms with Gasteiger partial charge in [0.25, 0.3) is 5.91 Å². The second-order valence-electron chi connectivity index (χ2n) is 8.37. The summed E-state index contributed by atoms with van der Waals surface area (Å²) in [4.78, 5) is 33.3. The van der Waals surface area contributed by atoms with Gasteiger partial charge >= 0.3 is 6.18 Å². The molecule has 10 heteroatoms. The summed E-state index contributed by atoms with van der Waals surface area (Å²) in [6.07, 6.45) is -3.61. The first kappa shape index (κ1) is 25.3. The maximum absolute atomic E-state index is 13.2. The summed E-state index contributed by atoms with van der Waals surface area (Å²) >= 11 is 0. The molecule has 1 fully saturated rings. The third-order valence-corrected chi connectivity index (χ3v) is 5.64. The van der Waals surface area contributed by atoms with Gasteiger partial charge in [0.05, 0.1) is 12.2 Å². The summed E-state index contributed by atoms with van der Waals surface area (Å²) in [6, 6.07) is 8.36. The maximum atomic E-state index is 13.2. The van der Waals surface area contributed by atoms with E-state index in [4.69, 9.17) is 4.74 Å². The van der Waals surface area contributed by atoms with Gasteiger partial charge in [0.2, 0.25) is 5.91 Å². The number of pyridine rings is 1. The molecule has 2 heterocycles. The number of ether oxygens (including phenoxy) is 1. The van der Waals surface area contributed by atoms with Gasteiger partial charge in [0, 0.05) is 37.9 Å². The van der Waals surface area contributed by atoms with Gasteiger partial charge in [-0.15, -0.1) is 0 Å². The number of rotatable bonds is 7. The molecule has 7 nitrogen and oxygen atoms in total. The Morgan fingerprint density at radius 3 is 2.21 bits per heavy atom. The molecule has 3 rings (SSSR count). The minimum absolute atomic E-state index is 0.131. The molecule has 184 valence electrons.